The van der Waals surface area contributed by atoms with Crippen molar-refractivity contribution in [2.24, 2.45) is 5.92 Å². The van der Waals surface area contributed by atoms with Crippen LogP contribution in [0.2, 0.25) is 0 Å². The summed E-state index contributed by atoms with van der Waals surface area (Å²) in [6, 6.07) is 35.7. The molecule has 0 bridgehead atoms. The molecule has 1 atom stereocenters. The number of hydrogen-bond acceptors (Lipinski definition) is 5. The van der Waals surface area contributed by atoms with Crippen molar-refractivity contribution >= 4 is 89.6 Å². The zero-order valence-corrected chi connectivity index (χ0v) is 24.6. The van der Waals surface area contributed by atoms with Crippen LogP contribution < -0.4 is 0 Å². The second-order valence-corrected chi connectivity index (χ2v) is 14.4. The van der Waals surface area contributed by atoms with Crippen molar-refractivity contribution in [2.45, 2.75) is 4.90 Å². The first kappa shape index (κ1) is 24.3. The van der Waals surface area contributed by atoms with Crippen molar-refractivity contribution < 1.29 is 9.00 Å². The number of benzene rings is 5. The summed E-state index contributed by atoms with van der Waals surface area (Å²) < 4.78 is 18.7. The molecule has 0 N–H and O–H groups in total. The van der Waals surface area contributed by atoms with E-state index in [2.05, 4.69) is 84.9 Å². The Kier molecular flexibility index (Phi) is 5.27. The van der Waals surface area contributed by atoms with Crippen molar-refractivity contribution in [3.63, 3.8) is 0 Å². The highest BCUT2D eigenvalue weighted by Gasteiger charge is 2.27. The minimum absolute atomic E-state index is 0.00850. The maximum Gasteiger partial charge on any atom is 0.170 e. The normalized spacial score (nSPS) is 16.9. The molecule has 200 valence electrons. The van der Waals surface area contributed by atoms with Crippen LogP contribution in [0, 0.1) is 5.92 Å². The van der Waals surface area contributed by atoms with Gasteiger partial charge in [0.2, 0.25) is 0 Å². The van der Waals surface area contributed by atoms with Crippen LogP contribution in [0.25, 0.3) is 57.0 Å². The van der Waals surface area contributed by atoms with E-state index in [1.807, 2.05) is 36.4 Å². The Balaban J connectivity index is 1.11. The lowest BCUT2D eigenvalue weighted by molar-refractivity contribution is 0.0969. The van der Waals surface area contributed by atoms with E-state index < -0.39 is 16.3 Å². The summed E-state index contributed by atoms with van der Waals surface area (Å²) in [6.45, 7) is 0. The molecular weight excluding hydrogens is 573 g/mol. The van der Waals surface area contributed by atoms with Crippen LogP contribution in [0.3, 0.4) is 0 Å². The van der Waals surface area contributed by atoms with Crippen molar-refractivity contribution in [1.82, 2.24) is 0 Å². The molecule has 7 aromatic rings. The van der Waals surface area contributed by atoms with Crippen LogP contribution in [0.4, 0.5) is 0 Å². The summed E-state index contributed by atoms with van der Waals surface area (Å²) >= 11 is 3.57. The van der Waals surface area contributed by atoms with Gasteiger partial charge in [0.1, 0.15) is 0 Å². The molecule has 0 spiro atoms. The Morgan fingerprint density at radius 2 is 1.14 bits per heavy atom. The summed E-state index contributed by atoms with van der Waals surface area (Å²) in [5.74, 6) is -0.522. The van der Waals surface area contributed by atoms with E-state index in [0.29, 0.717) is 15.3 Å². The van der Waals surface area contributed by atoms with E-state index in [1.165, 1.54) is 40.3 Å². The summed E-state index contributed by atoms with van der Waals surface area (Å²) in [5, 5.41) is 5.03. The number of allylic oxidation sites excluding steroid dienone is 4. The van der Waals surface area contributed by atoms with Gasteiger partial charge in [0, 0.05) is 51.8 Å². The van der Waals surface area contributed by atoms with E-state index >= 15 is 0 Å². The Bertz CT molecular complexity index is 2460. The van der Waals surface area contributed by atoms with Gasteiger partial charge >= 0.3 is 0 Å². The van der Waals surface area contributed by atoms with Gasteiger partial charge in [0.05, 0.1) is 0 Å². The van der Waals surface area contributed by atoms with Crippen LogP contribution in [-0.2, 0) is 14.6 Å². The lowest BCUT2D eigenvalue weighted by Crippen LogP contribution is -2.29. The molecule has 0 radical (unpaired) electrons. The average molecular weight is 594 g/mol. The molecule has 1 aliphatic heterocycles. The van der Waals surface area contributed by atoms with Gasteiger partial charge in [-0.15, -0.1) is 32.4 Å². The molecule has 3 heterocycles. The van der Waals surface area contributed by atoms with Gasteiger partial charge in [0.15, 0.2) is 5.78 Å². The van der Waals surface area contributed by atoms with Gasteiger partial charge < -0.3 is 4.21 Å². The average Bonchev–Trinajstić information content (AvgIpc) is 3.60. The van der Waals surface area contributed by atoms with Gasteiger partial charge in [-0.2, -0.15) is 0 Å². The number of fused-ring (bicyclic) bond motifs is 8. The van der Waals surface area contributed by atoms with E-state index in [0.717, 1.165) is 22.3 Å². The van der Waals surface area contributed by atoms with Crippen molar-refractivity contribution in [2.75, 3.05) is 0 Å². The van der Waals surface area contributed by atoms with Crippen LogP contribution in [0.1, 0.15) is 15.9 Å². The molecule has 9 rings (SSSR count). The Labute approximate surface area is 251 Å². The Hall–Kier alpha value is -4.29. The molecule has 0 saturated carbocycles. The molecule has 2 aromatic heterocycles. The zero-order chi connectivity index (χ0) is 27.9. The standard InChI is InChI=1S/C37H21O2S3/c38-37-29-17-21(23-9-13-27-25-5-1-3-7-31(25)40-33(27)19-23)11-15-35(29)42(39)36-16-12-22(18-30(36)37)24-10-14-28-26-6-2-4-8-32(26)41-34(28)20-24/h1-20,29H/q-1. The topological polar surface area (TPSA) is 34.1 Å². The lowest BCUT2D eigenvalue weighted by Gasteiger charge is -2.31. The third kappa shape index (κ3) is 3.57. The first-order valence-corrected chi connectivity index (χ1v) is 16.6. The predicted molar refractivity (Wildman–Crippen MR) is 180 cm³/mol. The second kappa shape index (κ2) is 9.10. The molecule has 2 nitrogen and oxygen atoms in total. The fourth-order valence-corrected chi connectivity index (χ4v) is 10.0. The lowest BCUT2D eigenvalue weighted by atomic mass is 9.86. The number of Topliss-reactive ketones (excluding diaryl/α,β-unsaturated/α-hetero) is 1. The minimum Gasteiger partial charge on any atom is -0.457 e. The first-order valence-electron chi connectivity index (χ1n) is 13.8. The largest absolute Gasteiger partial charge is 0.457 e. The number of carbonyl (C=O) groups is 1. The fourth-order valence-electron chi connectivity index (χ4n) is 6.34. The Morgan fingerprint density at radius 3 is 1.86 bits per heavy atom. The summed E-state index contributed by atoms with van der Waals surface area (Å²) in [7, 11) is -1.39. The number of thiophene rings is 2. The van der Waals surface area contributed by atoms with E-state index in [-0.39, 0.29) is 5.78 Å². The monoisotopic (exact) mass is 593 g/mol. The first-order chi connectivity index (χ1) is 20.6. The van der Waals surface area contributed by atoms with Crippen LogP contribution in [0.5, 0.6) is 0 Å². The summed E-state index contributed by atoms with van der Waals surface area (Å²) in [4.78, 5) is 15.3. The number of ketones is 1. The van der Waals surface area contributed by atoms with E-state index in [4.69, 9.17) is 0 Å². The maximum atomic E-state index is 14.0. The van der Waals surface area contributed by atoms with Gasteiger partial charge in [-0.25, -0.2) is 10.4 Å². The molecule has 0 amide bonds. The summed E-state index contributed by atoms with van der Waals surface area (Å²) in [5.41, 5.74) is 4.64. The van der Waals surface area contributed by atoms with Gasteiger partial charge in [-0.3, -0.25) is 4.79 Å². The molecule has 2 aliphatic rings. The predicted octanol–water partition coefficient (Wildman–Crippen LogP) is 10.1. The molecule has 0 fully saturated rings. The smallest absolute Gasteiger partial charge is 0.170 e. The molecule has 1 unspecified atom stereocenters. The molecule has 5 aromatic carbocycles. The zero-order valence-electron chi connectivity index (χ0n) is 22.2. The maximum absolute atomic E-state index is 14.0. The van der Waals surface area contributed by atoms with Crippen molar-refractivity contribution in [3.05, 3.63) is 132 Å². The SMILES string of the molecule is O=C1c2cc(-c3ccc4c(c3)sc3ccccc34)ccc2[S-](=O)=C2C=CC(c3ccc4c(c3)sc3ccccc34)=CC12. The molecule has 0 saturated heterocycles. The third-order valence-electron chi connectivity index (χ3n) is 8.45. The molecule has 1 aliphatic carbocycles. The number of carbonyl (C=O) groups excluding carboxylic acids is 1. The summed E-state index contributed by atoms with van der Waals surface area (Å²) in [6.07, 6.45) is 5.91. The van der Waals surface area contributed by atoms with E-state index in [1.54, 1.807) is 22.7 Å². The van der Waals surface area contributed by atoms with Gasteiger partial charge in [-0.1, -0.05) is 91.0 Å². The Morgan fingerprint density at radius 1 is 0.571 bits per heavy atom. The van der Waals surface area contributed by atoms with Crippen LogP contribution in [-0.4, -0.2) is 10.6 Å². The highest BCUT2D eigenvalue weighted by Crippen LogP contribution is 2.39. The van der Waals surface area contributed by atoms with Crippen LogP contribution in [0.15, 0.2) is 126 Å². The highest BCUT2D eigenvalue weighted by molar-refractivity contribution is 7.85. The number of rotatable bonds is 2. The quantitative estimate of drug-likeness (QED) is 0.148. The highest BCUT2D eigenvalue weighted by atomic mass is 32.2. The molecular formula is C37H21O2S3-. The van der Waals surface area contributed by atoms with Crippen molar-refractivity contribution in [3.8, 4) is 11.1 Å². The van der Waals surface area contributed by atoms with Gasteiger partial charge in [-0.05, 0) is 52.6 Å². The van der Waals surface area contributed by atoms with Crippen LogP contribution >= 0.6 is 22.7 Å². The third-order valence-corrected chi connectivity index (χ3v) is 12.3. The number of hydrogen-bond donors (Lipinski definition) is 0. The second-order valence-electron chi connectivity index (χ2n) is 10.8. The fraction of sp³-hybridized carbons (Fsp3) is 0.0270. The molecule has 42 heavy (non-hydrogen) atoms. The minimum atomic E-state index is -1.39. The van der Waals surface area contributed by atoms with Gasteiger partial charge in [0.25, 0.3) is 0 Å². The van der Waals surface area contributed by atoms with Crippen molar-refractivity contribution in [1.29, 1.82) is 0 Å². The van der Waals surface area contributed by atoms with E-state index in [9.17, 15) is 9.00 Å². The molecule has 5 heteroatoms.